The van der Waals surface area contributed by atoms with Gasteiger partial charge in [-0.2, -0.15) is 0 Å². The Labute approximate surface area is 193 Å². The highest BCUT2D eigenvalue weighted by atomic mass is 16.5. The first-order valence-electron chi connectivity index (χ1n) is 11.1. The molecular formula is C26H28N2O5. The van der Waals surface area contributed by atoms with E-state index in [0.717, 1.165) is 35.5 Å². The fourth-order valence-electron chi connectivity index (χ4n) is 3.98. The highest BCUT2D eigenvalue weighted by Gasteiger charge is 2.20. The summed E-state index contributed by atoms with van der Waals surface area (Å²) in [5, 5.41) is 8.84. The van der Waals surface area contributed by atoms with Gasteiger partial charge >= 0.3 is 5.97 Å². The molecule has 4 rings (SSSR count). The van der Waals surface area contributed by atoms with Crippen LogP contribution in [0.15, 0.2) is 67.0 Å². The molecule has 3 aromatic rings. The van der Waals surface area contributed by atoms with Gasteiger partial charge in [-0.25, -0.2) is 4.79 Å². The normalized spacial score (nSPS) is 13.5. The van der Waals surface area contributed by atoms with Gasteiger partial charge in [0.25, 0.3) is 0 Å². The maximum atomic E-state index is 10.8. The predicted octanol–water partition coefficient (Wildman–Crippen LogP) is 5.21. The van der Waals surface area contributed by atoms with E-state index in [1.165, 1.54) is 12.8 Å². The van der Waals surface area contributed by atoms with Crippen LogP contribution in [0.3, 0.4) is 0 Å². The lowest BCUT2D eigenvalue weighted by Crippen LogP contribution is -2.17. The summed E-state index contributed by atoms with van der Waals surface area (Å²) < 4.78 is 17.2. The second-order valence-electron chi connectivity index (χ2n) is 7.98. The van der Waals surface area contributed by atoms with Gasteiger partial charge in [-0.05, 0) is 73.7 Å². The van der Waals surface area contributed by atoms with Crippen molar-refractivity contribution in [1.29, 1.82) is 0 Å². The Bertz CT molecular complexity index is 1050. The Morgan fingerprint density at radius 1 is 1.06 bits per heavy atom. The van der Waals surface area contributed by atoms with Gasteiger partial charge in [0.1, 0.15) is 5.75 Å². The molecular weight excluding hydrogens is 420 g/mol. The number of aromatic nitrogens is 1. The van der Waals surface area contributed by atoms with Gasteiger partial charge in [-0.3, -0.25) is 4.98 Å². The number of rotatable bonds is 10. The molecule has 1 saturated carbocycles. The maximum absolute atomic E-state index is 10.8. The Kier molecular flexibility index (Phi) is 7.29. The number of benzene rings is 2. The van der Waals surface area contributed by atoms with Crippen LogP contribution < -0.4 is 19.1 Å². The number of pyridine rings is 1. The molecule has 1 N–H and O–H groups in total. The summed E-state index contributed by atoms with van der Waals surface area (Å²) in [6.07, 6.45) is 8.31. The summed E-state index contributed by atoms with van der Waals surface area (Å²) in [7, 11) is 1.65. The molecule has 0 aliphatic heterocycles. The number of methoxy groups -OCH3 is 1. The molecule has 1 aromatic heterocycles. The van der Waals surface area contributed by atoms with Crippen LogP contribution >= 0.6 is 0 Å². The van der Waals surface area contributed by atoms with Crippen molar-refractivity contribution < 1.29 is 24.1 Å². The second kappa shape index (κ2) is 10.7. The molecule has 0 unspecified atom stereocenters. The zero-order valence-electron chi connectivity index (χ0n) is 18.6. The number of ether oxygens (including phenoxy) is 3. The largest absolute Gasteiger partial charge is 0.493 e. The minimum Gasteiger partial charge on any atom is -0.493 e. The first-order chi connectivity index (χ1) is 16.1. The average molecular weight is 449 g/mol. The van der Waals surface area contributed by atoms with E-state index in [1.807, 2.05) is 48.7 Å². The number of aliphatic carboxylic acids is 1. The Hall–Kier alpha value is -3.74. The second-order valence-corrected chi connectivity index (χ2v) is 7.98. The number of hydrogen-bond acceptors (Lipinski definition) is 6. The molecule has 33 heavy (non-hydrogen) atoms. The zero-order valence-corrected chi connectivity index (χ0v) is 18.6. The first-order valence-corrected chi connectivity index (χ1v) is 11.1. The fourth-order valence-corrected chi connectivity index (χ4v) is 3.98. The minimum absolute atomic E-state index is 0.214. The molecule has 7 nitrogen and oxygen atoms in total. The smallest absolute Gasteiger partial charge is 0.341 e. The van der Waals surface area contributed by atoms with Crippen LogP contribution in [0.2, 0.25) is 0 Å². The highest BCUT2D eigenvalue weighted by molar-refractivity contribution is 5.69. The lowest BCUT2D eigenvalue weighted by atomic mass is 10.1. The molecule has 2 aromatic carbocycles. The van der Waals surface area contributed by atoms with Gasteiger partial charge < -0.3 is 24.2 Å². The third kappa shape index (κ3) is 5.94. The molecule has 0 spiro atoms. The summed E-state index contributed by atoms with van der Waals surface area (Å²) in [5.74, 6) is 0.941. The van der Waals surface area contributed by atoms with Crippen molar-refractivity contribution in [3.63, 3.8) is 0 Å². The number of nitrogens with zero attached hydrogens (tertiary/aromatic N) is 2. The minimum atomic E-state index is -1.01. The first kappa shape index (κ1) is 22.5. The van der Waals surface area contributed by atoms with Crippen molar-refractivity contribution >= 4 is 17.3 Å². The number of carboxylic acid groups (broad SMARTS) is 1. The summed E-state index contributed by atoms with van der Waals surface area (Å²) in [6.45, 7) is 0.220. The van der Waals surface area contributed by atoms with Crippen LogP contribution in [0, 0.1) is 0 Å². The molecule has 0 amide bonds. The molecule has 1 heterocycles. The van der Waals surface area contributed by atoms with Crippen LogP contribution in [0.25, 0.3) is 0 Å². The van der Waals surface area contributed by atoms with Gasteiger partial charge in [0.15, 0.2) is 18.1 Å². The molecule has 1 fully saturated rings. The SMILES string of the molecule is COc1ccc(N(Cc2cccnc2)c2ccc(OCC(=O)O)cc2)cc1OC1CCCC1. The molecule has 0 bridgehead atoms. The van der Waals surface area contributed by atoms with Gasteiger partial charge in [0.05, 0.1) is 13.2 Å². The summed E-state index contributed by atoms with van der Waals surface area (Å²) >= 11 is 0. The number of carbonyl (C=O) groups is 1. The van der Waals surface area contributed by atoms with Crippen LogP contribution in [-0.2, 0) is 11.3 Å². The summed E-state index contributed by atoms with van der Waals surface area (Å²) in [6, 6.07) is 17.3. The number of anilines is 2. The highest BCUT2D eigenvalue weighted by Crippen LogP contribution is 2.38. The van der Waals surface area contributed by atoms with E-state index in [4.69, 9.17) is 19.3 Å². The summed E-state index contributed by atoms with van der Waals surface area (Å²) in [5.41, 5.74) is 2.93. The lowest BCUT2D eigenvalue weighted by Gasteiger charge is -2.27. The Morgan fingerprint density at radius 2 is 1.82 bits per heavy atom. The third-order valence-corrected chi connectivity index (χ3v) is 5.63. The fraction of sp³-hybridized carbons (Fsp3) is 0.308. The van der Waals surface area contributed by atoms with E-state index >= 15 is 0 Å². The van der Waals surface area contributed by atoms with E-state index in [-0.39, 0.29) is 12.7 Å². The monoisotopic (exact) mass is 448 g/mol. The van der Waals surface area contributed by atoms with Crippen molar-refractivity contribution in [1.82, 2.24) is 4.98 Å². The molecule has 1 aliphatic carbocycles. The van der Waals surface area contributed by atoms with Gasteiger partial charge in [0.2, 0.25) is 0 Å². The van der Waals surface area contributed by atoms with Crippen LogP contribution in [0.1, 0.15) is 31.2 Å². The van der Waals surface area contributed by atoms with Gasteiger partial charge in [0, 0.05) is 36.4 Å². The molecule has 0 saturated heterocycles. The van der Waals surface area contributed by atoms with E-state index in [9.17, 15) is 4.79 Å². The Balaban J connectivity index is 1.65. The number of hydrogen-bond donors (Lipinski definition) is 1. The standard InChI is InChI=1S/C26H28N2O5/c1-31-24-13-10-21(15-25(24)33-23-6-2-3-7-23)28(17-19-5-4-14-27-16-19)20-8-11-22(12-9-20)32-18-26(29)30/h4-5,8-16,23H,2-3,6-7,17-18H2,1H3,(H,29,30). The van der Waals surface area contributed by atoms with Gasteiger partial charge in [-0.15, -0.1) is 0 Å². The summed E-state index contributed by atoms with van der Waals surface area (Å²) in [4.78, 5) is 17.2. The van der Waals surface area contributed by atoms with Crippen molar-refractivity contribution in [2.75, 3.05) is 18.6 Å². The topological polar surface area (TPSA) is 81.1 Å². The van der Waals surface area contributed by atoms with Gasteiger partial charge in [-0.1, -0.05) is 6.07 Å². The molecule has 172 valence electrons. The van der Waals surface area contributed by atoms with Crippen LogP contribution in [0.5, 0.6) is 17.2 Å². The van der Waals surface area contributed by atoms with Crippen molar-refractivity contribution in [2.24, 2.45) is 0 Å². The van der Waals surface area contributed by atoms with Crippen molar-refractivity contribution in [3.05, 3.63) is 72.6 Å². The molecule has 0 radical (unpaired) electrons. The van der Waals surface area contributed by atoms with E-state index < -0.39 is 5.97 Å². The number of carboxylic acids is 1. The Morgan fingerprint density at radius 3 is 2.48 bits per heavy atom. The van der Waals surface area contributed by atoms with E-state index in [0.29, 0.717) is 18.0 Å². The van der Waals surface area contributed by atoms with Crippen molar-refractivity contribution in [2.45, 2.75) is 38.3 Å². The average Bonchev–Trinajstić information content (AvgIpc) is 3.35. The van der Waals surface area contributed by atoms with Crippen molar-refractivity contribution in [3.8, 4) is 17.2 Å². The molecule has 1 aliphatic rings. The van der Waals surface area contributed by atoms with E-state index in [2.05, 4.69) is 9.88 Å². The quantitative estimate of drug-likeness (QED) is 0.456. The maximum Gasteiger partial charge on any atom is 0.341 e. The van der Waals surface area contributed by atoms with E-state index in [1.54, 1.807) is 25.4 Å². The molecule has 7 heteroatoms. The van der Waals surface area contributed by atoms with Crippen LogP contribution in [-0.4, -0.2) is 35.9 Å². The third-order valence-electron chi connectivity index (χ3n) is 5.63. The van der Waals surface area contributed by atoms with Crippen LogP contribution in [0.4, 0.5) is 11.4 Å². The molecule has 0 atom stereocenters. The lowest BCUT2D eigenvalue weighted by molar-refractivity contribution is -0.139. The zero-order chi connectivity index (χ0) is 23.0. The predicted molar refractivity (Wildman–Crippen MR) is 126 cm³/mol.